The molecule has 2 fully saturated rings. The normalized spacial score (nSPS) is 25.1. The molecule has 3 aliphatic carbocycles. The molecule has 0 bridgehead atoms. The second kappa shape index (κ2) is 20.7. The van der Waals surface area contributed by atoms with Gasteiger partial charge in [-0.3, -0.25) is 10.1 Å². The number of aliphatic hydroxyl groups excluding tert-OH is 2. The number of carbonyl (C=O) groups is 1. The first-order chi connectivity index (χ1) is 29.3. The minimum atomic E-state index is -1.09. The van der Waals surface area contributed by atoms with Crippen LogP contribution in [0.2, 0.25) is 0 Å². The number of rotatable bonds is 20. The van der Waals surface area contributed by atoms with Crippen LogP contribution in [0.3, 0.4) is 0 Å². The van der Waals surface area contributed by atoms with Gasteiger partial charge in [0, 0.05) is 55.0 Å². The van der Waals surface area contributed by atoms with Gasteiger partial charge in [0.1, 0.15) is 18.1 Å². The minimum Gasteiger partial charge on any atom is -0.460 e. The zero-order chi connectivity index (χ0) is 41.9. The van der Waals surface area contributed by atoms with Crippen LogP contribution in [-0.2, 0) is 22.7 Å². The van der Waals surface area contributed by atoms with Crippen molar-refractivity contribution in [1.29, 1.82) is 0 Å². The Morgan fingerprint density at radius 3 is 2.47 bits per heavy atom. The SMILES string of the molecule is C=CCOC12Oc3ccc(OC(=O)NCc4ccccc4)cc3C3C(CCCCO)C(CCCCO)C=C(C(=NOCc4ccc([N+](=O)[O-])cc4)CC1SC1CCCC1)C32. The fraction of sp³-hybridized carbons (Fsp3) is 0.489. The molecule has 0 aromatic heterocycles. The number of nitro benzene ring substituents is 1. The van der Waals surface area contributed by atoms with E-state index in [4.69, 9.17) is 24.2 Å². The molecule has 1 amide bonds. The molecule has 1 heterocycles. The summed E-state index contributed by atoms with van der Waals surface area (Å²) < 4.78 is 20.3. The Morgan fingerprint density at radius 2 is 1.75 bits per heavy atom. The van der Waals surface area contributed by atoms with Crippen molar-refractivity contribution >= 4 is 29.3 Å². The number of hydrogen-bond acceptors (Lipinski definition) is 11. The van der Waals surface area contributed by atoms with Crippen LogP contribution in [0.25, 0.3) is 0 Å². The van der Waals surface area contributed by atoms with Crippen molar-refractivity contribution in [3.63, 3.8) is 0 Å². The molecule has 2 saturated carbocycles. The molecule has 13 heteroatoms. The predicted molar refractivity (Wildman–Crippen MR) is 232 cm³/mol. The third kappa shape index (κ3) is 10.1. The Morgan fingerprint density at radius 1 is 1.00 bits per heavy atom. The zero-order valence-corrected chi connectivity index (χ0v) is 34.9. The molecule has 3 N–H and O–H groups in total. The number of nitro groups is 1. The number of hydrogen-bond donors (Lipinski definition) is 3. The van der Waals surface area contributed by atoms with Crippen LogP contribution >= 0.6 is 11.8 Å². The molecule has 6 unspecified atom stereocenters. The van der Waals surface area contributed by atoms with E-state index >= 15 is 0 Å². The highest BCUT2D eigenvalue weighted by molar-refractivity contribution is 8.00. The van der Waals surface area contributed by atoms with Crippen LogP contribution in [0.5, 0.6) is 11.5 Å². The molecule has 0 saturated heterocycles. The summed E-state index contributed by atoms with van der Waals surface area (Å²) in [6, 6.07) is 21.6. The third-order valence-corrected chi connectivity index (χ3v) is 14.0. The Hall–Kier alpha value is -4.69. The van der Waals surface area contributed by atoms with E-state index in [2.05, 4.69) is 18.0 Å². The molecule has 4 aliphatic rings. The molecule has 6 atom stereocenters. The molecule has 0 radical (unpaired) electrons. The van der Waals surface area contributed by atoms with Crippen molar-refractivity contribution < 1.29 is 39.0 Å². The second-order valence-corrected chi connectivity index (χ2v) is 17.7. The number of nitrogens with one attached hydrogen (secondary N) is 1. The summed E-state index contributed by atoms with van der Waals surface area (Å²) in [5.74, 6) is -0.299. The Labute approximate surface area is 356 Å². The number of aliphatic hydroxyl groups is 2. The van der Waals surface area contributed by atoms with E-state index in [0.717, 1.165) is 66.5 Å². The van der Waals surface area contributed by atoms with E-state index < -0.39 is 16.8 Å². The lowest BCUT2D eigenvalue weighted by Crippen LogP contribution is -2.64. The van der Waals surface area contributed by atoms with Crippen LogP contribution in [-0.4, -0.2) is 63.0 Å². The van der Waals surface area contributed by atoms with Crippen molar-refractivity contribution in [2.75, 3.05) is 19.8 Å². The maximum absolute atomic E-state index is 13.2. The van der Waals surface area contributed by atoms with Crippen molar-refractivity contribution in [2.45, 2.75) is 106 Å². The lowest BCUT2D eigenvalue weighted by atomic mass is 9.56. The highest BCUT2D eigenvalue weighted by atomic mass is 32.2. The van der Waals surface area contributed by atoms with Gasteiger partial charge in [-0.1, -0.05) is 73.3 Å². The fourth-order valence-corrected chi connectivity index (χ4v) is 11.4. The topological polar surface area (TPSA) is 162 Å². The number of carbonyl (C=O) groups excluding carboxylic acids is 1. The molecule has 7 rings (SSSR count). The number of benzene rings is 3. The van der Waals surface area contributed by atoms with Crippen LogP contribution in [0.1, 0.15) is 93.2 Å². The number of fused-ring (bicyclic) bond motifs is 2. The van der Waals surface area contributed by atoms with Gasteiger partial charge in [-0.05, 0) is 97.4 Å². The van der Waals surface area contributed by atoms with Gasteiger partial charge in [-0.2, -0.15) is 0 Å². The first-order valence-corrected chi connectivity index (χ1v) is 22.4. The van der Waals surface area contributed by atoms with E-state index in [1.54, 1.807) is 24.3 Å². The highest BCUT2D eigenvalue weighted by Crippen LogP contribution is 2.63. The van der Waals surface area contributed by atoms with Crippen LogP contribution < -0.4 is 14.8 Å². The van der Waals surface area contributed by atoms with Gasteiger partial charge in [0.2, 0.25) is 5.79 Å². The molecule has 0 spiro atoms. The standard InChI is InChI=1S/C47H57N3O9S/c1-2-26-56-47-43(60-37-15-6-7-16-37)29-41(49-57-31-33-18-20-35(21-19-33)50(54)55)39-27-34(14-8-10-24-51)38(17-9-11-25-52)44(45(39)47)40-28-36(22-23-42(40)59-47)58-46(53)48-30-32-12-4-3-5-13-32/h2-5,12-13,18-23,27-28,34,37-38,43-45,51-52H,1,6-11,14-17,24-26,29-31H2,(H,48,53). The van der Waals surface area contributed by atoms with Gasteiger partial charge >= 0.3 is 6.09 Å². The van der Waals surface area contributed by atoms with Gasteiger partial charge in [-0.15, -0.1) is 18.3 Å². The Balaban J connectivity index is 1.31. The average molecular weight is 840 g/mol. The number of thioether (sulfide) groups is 1. The molecule has 320 valence electrons. The molecule has 1 aliphatic heterocycles. The Bertz CT molecular complexity index is 1990. The van der Waals surface area contributed by atoms with Crippen LogP contribution in [0.4, 0.5) is 10.5 Å². The van der Waals surface area contributed by atoms with E-state index in [-0.39, 0.29) is 61.0 Å². The summed E-state index contributed by atoms with van der Waals surface area (Å²) in [7, 11) is 0. The maximum atomic E-state index is 13.2. The van der Waals surface area contributed by atoms with E-state index in [1.165, 1.54) is 25.0 Å². The van der Waals surface area contributed by atoms with Gasteiger partial charge in [-0.25, -0.2) is 4.79 Å². The number of amides is 1. The van der Waals surface area contributed by atoms with Crippen molar-refractivity contribution in [1.82, 2.24) is 5.32 Å². The smallest absolute Gasteiger partial charge is 0.412 e. The monoisotopic (exact) mass is 839 g/mol. The quantitative estimate of drug-likeness (QED) is 0.0433. The van der Waals surface area contributed by atoms with Crippen molar-refractivity contribution in [3.8, 4) is 11.5 Å². The number of allylic oxidation sites excluding steroid dienone is 1. The predicted octanol–water partition coefficient (Wildman–Crippen LogP) is 9.39. The summed E-state index contributed by atoms with van der Waals surface area (Å²) in [5, 5.41) is 39.1. The molecular formula is C47H57N3O9S. The molecule has 3 aromatic rings. The first kappa shape index (κ1) is 43.4. The van der Waals surface area contributed by atoms with E-state index in [1.807, 2.05) is 54.2 Å². The maximum Gasteiger partial charge on any atom is 0.412 e. The van der Waals surface area contributed by atoms with Crippen LogP contribution in [0.15, 0.2) is 102 Å². The average Bonchev–Trinajstić information content (AvgIpc) is 3.78. The zero-order valence-electron chi connectivity index (χ0n) is 34.1. The number of nitrogens with zero attached hydrogens (tertiary/aromatic N) is 2. The number of oxime groups is 1. The Kier molecular flexibility index (Phi) is 15.0. The van der Waals surface area contributed by atoms with Gasteiger partial charge in [0.15, 0.2) is 0 Å². The molecule has 3 aromatic carbocycles. The van der Waals surface area contributed by atoms with Crippen LogP contribution in [0, 0.1) is 27.9 Å². The number of ether oxygens (including phenoxy) is 3. The molecule has 12 nitrogen and oxygen atoms in total. The first-order valence-electron chi connectivity index (χ1n) is 21.4. The summed E-state index contributed by atoms with van der Waals surface area (Å²) in [6.07, 6.45) is 13.3. The van der Waals surface area contributed by atoms with E-state index in [9.17, 15) is 25.1 Å². The third-order valence-electron chi connectivity index (χ3n) is 12.3. The van der Waals surface area contributed by atoms with Crippen molar-refractivity contribution in [3.05, 3.63) is 124 Å². The second-order valence-electron chi connectivity index (χ2n) is 16.2. The van der Waals surface area contributed by atoms with Crippen molar-refractivity contribution in [2.24, 2.45) is 22.9 Å². The molecular weight excluding hydrogens is 783 g/mol. The lowest BCUT2D eigenvalue weighted by molar-refractivity contribution is -0.384. The number of non-ortho nitro benzene ring substituents is 1. The fourth-order valence-electron chi connectivity index (χ4n) is 9.58. The van der Waals surface area contributed by atoms with Gasteiger partial charge < -0.3 is 34.6 Å². The van der Waals surface area contributed by atoms with Gasteiger partial charge in [0.05, 0.1) is 28.4 Å². The largest absolute Gasteiger partial charge is 0.460 e. The molecule has 60 heavy (non-hydrogen) atoms. The number of unbranched alkanes of at least 4 members (excludes halogenated alkanes) is 2. The summed E-state index contributed by atoms with van der Waals surface area (Å²) in [5.41, 5.74) is 4.48. The highest BCUT2D eigenvalue weighted by Gasteiger charge is 2.64. The summed E-state index contributed by atoms with van der Waals surface area (Å²) >= 11 is 1.92. The van der Waals surface area contributed by atoms with E-state index in [0.29, 0.717) is 42.6 Å². The van der Waals surface area contributed by atoms with Gasteiger partial charge in [0.25, 0.3) is 5.69 Å². The summed E-state index contributed by atoms with van der Waals surface area (Å²) in [6.45, 7) is 4.98. The lowest BCUT2D eigenvalue weighted by Gasteiger charge is -2.58. The summed E-state index contributed by atoms with van der Waals surface area (Å²) in [4.78, 5) is 30.2. The minimum absolute atomic E-state index is 0.0122.